The Balaban J connectivity index is 1.29. The molecule has 0 amide bonds. The molecule has 252 valence electrons. The van der Waals surface area contributed by atoms with E-state index in [9.17, 15) is 0 Å². The van der Waals surface area contributed by atoms with Crippen LogP contribution in [0.25, 0.3) is 55.0 Å². The Morgan fingerprint density at radius 1 is 0.340 bits per heavy atom. The quantitative estimate of drug-likeness (QED) is 0.165. The molecule has 0 fully saturated rings. The Morgan fingerprint density at radius 3 is 1.36 bits per heavy atom. The van der Waals surface area contributed by atoms with E-state index in [1.807, 2.05) is 60.7 Å². The van der Waals surface area contributed by atoms with Crippen LogP contribution in [0.1, 0.15) is 0 Å². The maximum absolute atomic E-state index is 7.01. The summed E-state index contributed by atoms with van der Waals surface area (Å²) >= 11 is 7.01. The minimum atomic E-state index is 0.621. The number of halogens is 1. The van der Waals surface area contributed by atoms with Gasteiger partial charge in [0.05, 0.1) is 11.4 Å². The van der Waals surface area contributed by atoms with Crippen molar-refractivity contribution >= 4 is 89.6 Å². The molecule has 2 aromatic heterocycles. The molecule has 8 aromatic carbocycles. The van der Waals surface area contributed by atoms with Crippen molar-refractivity contribution < 1.29 is 8.83 Å². The van der Waals surface area contributed by atoms with E-state index in [1.54, 1.807) is 0 Å². The second-order valence-corrected chi connectivity index (χ2v) is 13.5. The minimum Gasteiger partial charge on any atom is -0.454 e. The SMILES string of the molecule is Clc1cc(N(c2ccc(-c3ccccc3)cc2)c2cc(N(c3ccccc3)c3ccccc3)c3oc4ccccc4c3c2)c2oc3ccccc3c2c1. The average molecular weight is 703 g/mol. The maximum atomic E-state index is 7.01. The molecule has 0 aliphatic heterocycles. The second kappa shape index (κ2) is 12.8. The molecule has 0 bridgehead atoms. The summed E-state index contributed by atoms with van der Waals surface area (Å²) < 4.78 is 13.4. The summed E-state index contributed by atoms with van der Waals surface area (Å²) in [4.78, 5) is 4.52. The summed E-state index contributed by atoms with van der Waals surface area (Å²) in [6.07, 6.45) is 0. The zero-order valence-corrected chi connectivity index (χ0v) is 29.2. The van der Waals surface area contributed by atoms with Crippen LogP contribution in [0.5, 0.6) is 0 Å². The highest BCUT2D eigenvalue weighted by Gasteiger charge is 2.26. The van der Waals surface area contributed by atoms with E-state index in [0.717, 1.165) is 89.1 Å². The van der Waals surface area contributed by atoms with Crippen molar-refractivity contribution in [3.63, 3.8) is 0 Å². The summed E-state index contributed by atoms with van der Waals surface area (Å²) in [5, 5.41) is 4.63. The number of hydrogen-bond donors (Lipinski definition) is 0. The topological polar surface area (TPSA) is 32.8 Å². The number of furan rings is 2. The predicted octanol–water partition coefficient (Wildman–Crippen LogP) is 14.7. The van der Waals surface area contributed by atoms with Crippen LogP contribution in [0.4, 0.5) is 34.1 Å². The predicted molar refractivity (Wildman–Crippen MR) is 221 cm³/mol. The van der Waals surface area contributed by atoms with Crippen molar-refractivity contribution in [3.05, 3.63) is 193 Å². The molecule has 0 saturated heterocycles. The van der Waals surface area contributed by atoms with Gasteiger partial charge in [0.25, 0.3) is 0 Å². The fraction of sp³-hybridized carbons (Fsp3) is 0. The van der Waals surface area contributed by atoms with Gasteiger partial charge in [0.15, 0.2) is 11.2 Å². The van der Waals surface area contributed by atoms with Gasteiger partial charge in [-0.15, -0.1) is 0 Å². The molecule has 10 aromatic rings. The van der Waals surface area contributed by atoms with Gasteiger partial charge in [-0.25, -0.2) is 0 Å². The first kappa shape index (κ1) is 31.0. The fourth-order valence-corrected chi connectivity index (χ4v) is 7.68. The van der Waals surface area contributed by atoms with Crippen LogP contribution < -0.4 is 9.80 Å². The van der Waals surface area contributed by atoms with Crippen molar-refractivity contribution in [1.82, 2.24) is 0 Å². The Labute approximate surface area is 311 Å². The van der Waals surface area contributed by atoms with Gasteiger partial charge in [-0.1, -0.05) is 127 Å². The molecule has 4 nitrogen and oxygen atoms in total. The lowest BCUT2D eigenvalue weighted by atomic mass is 10.0. The van der Waals surface area contributed by atoms with Crippen LogP contribution in [0.3, 0.4) is 0 Å². The van der Waals surface area contributed by atoms with Crippen molar-refractivity contribution in [2.75, 3.05) is 9.80 Å². The number of nitrogens with zero attached hydrogens (tertiary/aromatic N) is 2. The molecule has 0 aliphatic rings. The van der Waals surface area contributed by atoms with Crippen LogP contribution in [0.2, 0.25) is 5.02 Å². The lowest BCUT2D eigenvalue weighted by Gasteiger charge is -2.29. The third-order valence-corrected chi connectivity index (χ3v) is 10.1. The van der Waals surface area contributed by atoms with E-state index in [4.69, 9.17) is 20.4 Å². The summed E-state index contributed by atoms with van der Waals surface area (Å²) in [6.45, 7) is 0. The van der Waals surface area contributed by atoms with Gasteiger partial charge in [-0.3, -0.25) is 0 Å². The first-order valence-electron chi connectivity index (χ1n) is 17.6. The van der Waals surface area contributed by atoms with Gasteiger partial charge in [0.1, 0.15) is 11.2 Å². The Bertz CT molecular complexity index is 2860. The van der Waals surface area contributed by atoms with Crippen molar-refractivity contribution in [1.29, 1.82) is 0 Å². The third-order valence-electron chi connectivity index (χ3n) is 9.87. The number of anilines is 6. The van der Waals surface area contributed by atoms with Crippen LogP contribution >= 0.6 is 11.6 Å². The van der Waals surface area contributed by atoms with Crippen molar-refractivity contribution in [2.24, 2.45) is 0 Å². The normalized spacial score (nSPS) is 11.5. The largest absolute Gasteiger partial charge is 0.454 e. The molecule has 0 atom stereocenters. The van der Waals surface area contributed by atoms with Crippen molar-refractivity contribution in [3.8, 4) is 11.1 Å². The Morgan fingerprint density at radius 2 is 0.774 bits per heavy atom. The fourth-order valence-electron chi connectivity index (χ4n) is 7.47. The smallest absolute Gasteiger partial charge is 0.159 e. The zero-order valence-electron chi connectivity index (χ0n) is 28.5. The minimum absolute atomic E-state index is 0.621. The second-order valence-electron chi connectivity index (χ2n) is 13.1. The number of rotatable bonds is 7. The van der Waals surface area contributed by atoms with Gasteiger partial charge >= 0.3 is 0 Å². The summed E-state index contributed by atoms with van der Waals surface area (Å²) in [5.41, 5.74) is 11.1. The average Bonchev–Trinajstić information content (AvgIpc) is 3.78. The monoisotopic (exact) mass is 702 g/mol. The molecule has 2 heterocycles. The lowest BCUT2D eigenvalue weighted by molar-refractivity contribution is 0.669. The molecule has 0 N–H and O–H groups in total. The van der Waals surface area contributed by atoms with Crippen LogP contribution in [-0.4, -0.2) is 0 Å². The molecule has 0 radical (unpaired) electrons. The van der Waals surface area contributed by atoms with Gasteiger partial charge in [-0.05, 0) is 83.9 Å². The highest BCUT2D eigenvalue weighted by Crippen LogP contribution is 2.49. The highest BCUT2D eigenvalue weighted by atomic mass is 35.5. The molecule has 0 unspecified atom stereocenters. The van der Waals surface area contributed by atoms with E-state index in [0.29, 0.717) is 5.02 Å². The van der Waals surface area contributed by atoms with E-state index < -0.39 is 0 Å². The first-order valence-corrected chi connectivity index (χ1v) is 18.0. The molecule has 10 rings (SSSR count). The van der Waals surface area contributed by atoms with Crippen LogP contribution in [0, 0.1) is 0 Å². The number of hydrogen-bond acceptors (Lipinski definition) is 4. The third kappa shape index (κ3) is 5.40. The van der Waals surface area contributed by atoms with E-state index >= 15 is 0 Å². The molecule has 0 spiro atoms. The molecule has 0 aliphatic carbocycles. The van der Waals surface area contributed by atoms with Gasteiger partial charge < -0.3 is 18.6 Å². The Kier molecular flexibility index (Phi) is 7.48. The lowest BCUT2D eigenvalue weighted by Crippen LogP contribution is -2.13. The number of fused-ring (bicyclic) bond motifs is 6. The highest BCUT2D eigenvalue weighted by molar-refractivity contribution is 6.32. The van der Waals surface area contributed by atoms with E-state index in [1.165, 1.54) is 0 Å². The van der Waals surface area contributed by atoms with Crippen LogP contribution in [-0.2, 0) is 0 Å². The van der Waals surface area contributed by atoms with Gasteiger partial charge in [0.2, 0.25) is 0 Å². The Hall–Kier alpha value is -6.75. The summed E-state index contributed by atoms with van der Waals surface area (Å²) in [5.74, 6) is 0. The molecular weight excluding hydrogens is 672 g/mol. The number of para-hydroxylation sites is 4. The maximum Gasteiger partial charge on any atom is 0.159 e. The molecule has 0 saturated carbocycles. The van der Waals surface area contributed by atoms with Crippen molar-refractivity contribution in [2.45, 2.75) is 0 Å². The molecular formula is C48H31ClN2O2. The first-order chi connectivity index (χ1) is 26.2. The van der Waals surface area contributed by atoms with Gasteiger partial charge in [-0.2, -0.15) is 0 Å². The summed E-state index contributed by atoms with van der Waals surface area (Å²) in [7, 11) is 0. The molecule has 5 heteroatoms. The van der Waals surface area contributed by atoms with E-state index in [2.05, 4.69) is 137 Å². The van der Waals surface area contributed by atoms with Crippen LogP contribution in [0.15, 0.2) is 197 Å². The standard InChI is InChI=1S/C48H31ClN2O2/c49-34-28-41-39-20-10-12-22-45(39)52-47(41)43(29-34)51(37-26-24-33(25-27-37)32-14-4-1-5-15-32)38-30-42-40-21-11-13-23-46(40)53-48(42)44(31-38)50(35-16-6-2-7-17-35)36-18-8-3-9-19-36/h1-31H. The molecule has 53 heavy (non-hydrogen) atoms. The van der Waals surface area contributed by atoms with E-state index in [-0.39, 0.29) is 0 Å². The zero-order chi connectivity index (χ0) is 35.3. The van der Waals surface area contributed by atoms with Gasteiger partial charge in [0, 0.05) is 49.3 Å². The summed E-state index contributed by atoms with van der Waals surface area (Å²) in [6, 6.07) is 64.8. The number of benzene rings is 8.